The first-order valence-electron chi connectivity index (χ1n) is 7.05. The third-order valence-electron chi connectivity index (χ3n) is 3.46. The maximum absolute atomic E-state index is 12.5. The van der Waals surface area contributed by atoms with Gasteiger partial charge in [0.25, 0.3) is 5.91 Å². The van der Waals surface area contributed by atoms with Gasteiger partial charge in [0.1, 0.15) is 0 Å². The fourth-order valence-electron chi connectivity index (χ4n) is 2.64. The van der Waals surface area contributed by atoms with Gasteiger partial charge in [-0.15, -0.1) is 11.3 Å². The Morgan fingerprint density at radius 3 is 2.63 bits per heavy atom. The van der Waals surface area contributed by atoms with E-state index in [0.29, 0.717) is 13.1 Å². The van der Waals surface area contributed by atoms with Gasteiger partial charge < -0.3 is 9.64 Å². The summed E-state index contributed by atoms with van der Waals surface area (Å²) in [5.41, 5.74) is 1.32. The second-order valence-electron chi connectivity index (χ2n) is 5.41. The molecule has 1 aliphatic rings. The van der Waals surface area contributed by atoms with Crippen molar-refractivity contribution in [2.75, 3.05) is 13.1 Å². The number of hydrogen-bond acceptors (Lipinski definition) is 3. The molecule has 1 fully saturated rings. The summed E-state index contributed by atoms with van der Waals surface area (Å²) in [6.45, 7) is 9.73. The largest absolute Gasteiger partial charge is 0.372 e. The molecular formula is C15H23NO2S. The quantitative estimate of drug-likeness (QED) is 0.851. The Labute approximate surface area is 119 Å². The zero-order chi connectivity index (χ0) is 14.0. The average molecular weight is 281 g/mol. The first-order valence-corrected chi connectivity index (χ1v) is 7.87. The first-order chi connectivity index (χ1) is 9.01. The predicted molar refractivity (Wildman–Crippen MR) is 79.0 cm³/mol. The summed E-state index contributed by atoms with van der Waals surface area (Å²) in [4.78, 5) is 16.6. The molecule has 2 atom stereocenters. The van der Waals surface area contributed by atoms with Crippen LogP contribution >= 0.6 is 11.3 Å². The molecule has 0 aliphatic carbocycles. The molecule has 4 heteroatoms. The van der Waals surface area contributed by atoms with Crippen molar-refractivity contribution in [2.45, 2.75) is 52.7 Å². The molecule has 0 bridgehead atoms. The average Bonchev–Trinajstić information content (AvgIpc) is 2.69. The molecule has 1 saturated heterocycles. The minimum Gasteiger partial charge on any atom is -0.372 e. The Morgan fingerprint density at radius 2 is 2.05 bits per heavy atom. The molecular weight excluding hydrogens is 258 g/mol. The van der Waals surface area contributed by atoms with Crippen LogP contribution in [-0.2, 0) is 11.2 Å². The maximum atomic E-state index is 12.5. The van der Waals surface area contributed by atoms with Crippen LogP contribution in [0.5, 0.6) is 0 Å². The van der Waals surface area contributed by atoms with Crippen LogP contribution in [0.4, 0.5) is 0 Å². The monoisotopic (exact) mass is 281 g/mol. The van der Waals surface area contributed by atoms with E-state index in [2.05, 4.69) is 19.9 Å². The van der Waals surface area contributed by atoms with Gasteiger partial charge in [-0.1, -0.05) is 13.3 Å². The van der Waals surface area contributed by atoms with Gasteiger partial charge in [-0.05, 0) is 38.8 Å². The Morgan fingerprint density at radius 1 is 1.42 bits per heavy atom. The molecule has 3 nitrogen and oxygen atoms in total. The summed E-state index contributed by atoms with van der Waals surface area (Å²) in [7, 11) is 0. The number of thiophene rings is 1. The number of carbonyl (C=O) groups is 1. The van der Waals surface area contributed by atoms with E-state index in [0.717, 1.165) is 17.7 Å². The molecule has 2 heterocycles. The van der Waals surface area contributed by atoms with Gasteiger partial charge in [0.15, 0.2) is 0 Å². The summed E-state index contributed by atoms with van der Waals surface area (Å²) >= 11 is 1.63. The van der Waals surface area contributed by atoms with Gasteiger partial charge in [0.2, 0.25) is 0 Å². The van der Waals surface area contributed by atoms with Crippen molar-refractivity contribution >= 4 is 17.2 Å². The Balaban J connectivity index is 2.12. The number of rotatable bonds is 3. The lowest BCUT2D eigenvalue weighted by molar-refractivity contribution is -0.0585. The van der Waals surface area contributed by atoms with Gasteiger partial charge in [-0.25, -0.2) is 0 Å². The van der Waals surface area contributed by atoms with Crippen LogP contribution in [0, 0.1) is 6.92 Å². The highest BCUT2D eigenvalue weighted by Gasteiger charge is 2.27. The van der Waals surface area contributed by atoms with Gasteiger partial charge >= 0.3 is 0 Å². The van der Waals surface area contributed by atoms with Crippen molar-refractivity contribution in [1.82, 2.24) is 4.90 Å². The third kappa shape index (κ3) is 3.37. The van der Waals surface area contributed by atoms with Gasteiger partial charge in [-0.3, -0.25) is 4.79 Å². The smallest absolute Gasteiger partial charge is 0.264 e. The lowest BCUT2D eigenvalue weighted by Crippen LogP contribution is -2.48. The Kier molecular flexibility index (Phi) is 4.63. The fourth-order valence-corrected chi connectivity index (χ4v) is 3.68. The molecule has 0 aromatic carbocycles. The van der Waals surface area contributed by atoms with Crippen LogP contribution in [0.15, 0.2) is 6.07 Å². The van der Waals surface area contributed by atoms with E-state index in [4.69, 9.17) is 4.74 Å². The van der Waals surface area contributed by atoms with E-state index in [-0.39, 0.29) is 18.1 Å². The number of morpholine rings is 1. The van der Waals surface area contributed by atoms with Crippen molar-refractivity contribution in [3.05, 3.63) is 21.4 Å². The highest BCUT2D eigenvalue weighted by atomic mass is 32.1. The summed E-state index contributed by atoms with van der Waals surface area (Å²) in [6.07, 6.45) is 2.44. The van der Waals surface area contributed by atoms with Gasteiger partial charge in [-0.2, -0.15) is 0 Å². The predicted octanol–water partition coefficient (Wildman–Crippen LogP) is 3.26. The second kappa shape index (κ2) is 6.06. The number of aryl methyl sites for hydroxylation is 2. The van der Waals surface area contributed by atoms with Crippen molar-refractivity contribution < 1.29 is 9.53 Å². The first kappa shape index (κ1) is 14.5. The van der Waals surface area contributed by atoms with Gasteiger partial charge in [0.05, 0.1) is 17.1 Å². The highest BCUT2D eigenvalue weighted by Crippen LogP contribution is 2.25. The molecule has 1 aromatic rings. The molecule has 1 aliphatic heterocycles. The van der Waals surface area contributed by atoms with Crippen LogP contribution < -0.4 is 0 Å². The standard InChI is InChI=1S/C15H23NO2S/c1-5-6-13-7-14(19-12(13)4)15(17)16-8-10(2)18-11(3)9-16/h7,10-11H,5-6,8-9H2,1-4H3. The van der Waals surface area contributed by atoms with E-state index in [1.807, 2.05) is 18.7 Å². The molecule has 106 valence electrons. The topological polar surface area (TPSA) is 29.5 Å². The molecule has 1 aromatic heterocycles. The molecule has 2 rings (SSSR count). The van der Waals surface area contributed by atoms with Crippen molar-refractivity contribution in [3.8, 4) is 0 Å². The van der Waals surface area contributed by atoms with Crippen LogP contribution in [0.2, 0.25) is 0 Å². The number of amides is 1. The van der Waals surface area contributed by atoms with Crippen LogP contribution in [-0.4, -0.2) is 36.1 Å². The van der Waals surface area contributed by atoms with E-state index in [1.54, 1.807) is 11.3 Å². The van der Waals surface area contributed by atoms with Crippen molar-refractivity contribution in [1.29, 1.82) is 0 Å². The highest BCUT2D eigenvalue weighted by molar-refractivity contribution is 7.14. The van der Waals surface area contributed by atoms with E-state index in [9.17, 15) is 4.79 Å². The maximum Gasteiger partial charge on any atom is 0.264 e. The molecule has 0 spiro atoms. The summed E-state index contributed by atoms with van der Waals surface area (Å²) in [5.74, 6) is 0.164. The lowest BCUT2D eigenvalue weighted by atomic mass is 10.1. The zero-order valence-corrected chi connectivity index (χ0v) is 13.0. The summed E-state index contributed by atoms with van der Waals surface area (Å²) in [5, 5.41) is 0. The molecule has 0 radical (unpaired) electrons. The second-order valence-corrected chi connectivity index (χ2v) is 6.67. The van der Waals surface area contributed by atoms with E-state index >= 15 is 0 Å². The summed E-state index contributed by atoms with van der Waals surface area (Å²) in [6, 6.07) is 2.08. The molecule has 1 amide bonds. The number of carbonyl (C=O) groups excluding carboxylic acids is 1. The third-order valence-corrected chi connectivity index (χ3v) is 4.54. The summed E-state index contributed by atoms with van der Waals surface area (Å²) < 4.78 is 5.68. The van der Waals surface area contributed by atoms with Crippen LogP contribution in [0.25, 0.3) is 0 Å². The lowest BCUT2D eigenvalue weighted by Gasteiger charge is -2.35. The molecule has 19 heavy (non-hydrogen) atoms. The zero-order valence-electron chi connectivity index (χ0n) is 12.2. The number of ether oxygens (including phenoxy) is 1. The molecule has 0 saturated carbocycles. The Bertz CT molecular complexity index is 445. The number of hydrogen-bond donors (Lipinski definition) is 0. The number of nitrogens with zero attached hydrogens (tertiary/aromatic N) is 1. The van der Waals surface area contributed by atoms with Crippen molar-refractivity contribution in [2.24, 2.45) is 0 Å². The minimum atomic E-state index is 0.129. The Hall–Kier alpha value is -0.870. The molecule has 2 unspecified atom stereocenters. The van der Waals surface area contributed by atoms with E-state index < -0.39 is 0 Å². The fraction of sp³-hybridized carbons (Fsp3) is 0.667. The van der Waals surface area contributed by atoms with E-state index in [1.165, 1.54) is 10.4 Å². The minimum absolute atomic E-state index is 0.129. The van der Waals surface area contributed by atoms with Gasteiger partial charge in [0, 0.05) is 18.0 Å². The SMILES string of the molecule is CCCc1cc(C(=O)N2CC(C)OC(C)C2)sc1C. The normalized spacial score (nSPS) is 23.7. The molecule has 0 N–H and O–H groups in total. The van der Waals surface area contributed by atoms with Crippen LogP contribution in [0.3, 0.4) is 0 Å². The van der Waals surface area contributed by atoms with Crippen molar-refractivity contribution in [3.63, 3.8) is 0 Å². The van der Waals surface area contributed by atoms with Crippen LogP contribution in [0.1, 0.15) is 47.3 Å².